The van der Waals surface area contributed by atoms with Crippen LogP contribution in [0.25, 0.3) is 28.0 Å². The van der Waals surface area contributed by atoms with Gasteiger partial charge >= 0.3 is 0 Å². The molecule has 0 aromatic heterocycles. The highest BCUT2D eigenvalue weighted by Gasteiger charge is 2.52. The molecule has 1 N–H and O–H groups in total. The molecule has 3 aromatic carbocycles. The molecule has 5 fully saturated rings. The molecule has 8 rings (SSSR count). The standard InChI is InChI=1S/C31H29NO2S2/c1-34-27-9-8-22(13-26(27)31-15-18-10-19(16-31)12-20(11-18)17-31)24-6-3-5-23-21(4-2-7-25(23)24)14-28-29(33)32-30(35)36-28/h2-9,13-14,18-20H,10-12,15-17H2,1H3,(H,32,33,35). The van der Waals surface area contributed by atoms with E-state index in [4.69, 9.17) is 17.0 Å². The first kappa shape index (κ1) is 22.6. The van der Waals surface area contributed by atoms with E-state index in [0.717, 1.165) is 34.5 Å². The summed E-state index contributed by atoms with van der Waals surface area (Å²) in [4.78, 5) is 12.9. The summed E-state index contributed by atoms with van der Waals surface area (Å²) in [6, 6.07) is 19.7. The average Bonchev–Trinajstić information content (AvgIpc) is 3.19. The zero-order chi connectivity index (χ0) is 24.4. The number of nitrogens with one attached hydrogen (secondary N) is 1. The van der Waals surface area contributed by atoms with Gasteiger partial charge < -0.3 is 10.1 Å². The summed E-state index contributed by atoms with van der Waals surface area (Å²) in [5.74, 6) is 3.59. The predicted molar refractivity (Wildman–Crippen MR) is 152 cm³/mol. The van der Waals surface area contributed by atoms with E-state index in [1.165, 1.54) is 72.4 Å². The first-order valence-electron chi connectivity index (χ1n) is 13.0. The molecule has 1 saturated heterocycles. The van der Waals surface area contributed by atoms with Crippen LogP contribution in [0.5, 0.6) is 5.75 Å². The van der Waals surface area contributed by atoms with Crippen molar-refractivity contribution in [3.63, 3.8) is 0 Å². The summed E-state index contributed by atoms with van der Waals surface area (Å²) in [6.45, 7) is 0. The molecular formula is C31H29NO2S2. The number of thioether (sulfide) groups is 1. The van der Waals surface area contributed by atoms with Crippen molar-refractivity contribution in [1.82, 2.24) is 5.32 Å². The monoisotopic (exact) mass is 511 g/mol. The molecule has 4 bridgehead atoms. The summed E-state index contributed by atoms with van der Waals surface area (Å²) >= 11 is 6.51. The second kappa shape index (κ2) is 8.46. The van der Waals surface area contributed by atoms with E-state index in [1.54, 1.807) is 0 Å². The van der Waals surface area contributed by atoms with E-state index in [1.807, 2.05) is 13.2 Å². The third kappa shape index (κ3) is 3.62. The van der Waals surface area contributed by atoms with Crippen LogP contribution in [0.4, 0.5) is 0 Å². The first-order valence-corrected chi connectivity index (χ1v) is 14.2. The maximum absolute atomic E-state index is 12.3. The SMILES string of the molecule is COc1ccc(-c2cccc3c(C=C4SC(=S)NC4=O)cccc23)cc1C12CC3CC(CC(C3)C1)C2. The summed E-state index contributed by atoms with van der Waals surface area (Å²) in [5, 5.41) is 5.05. The van der Waals surface area contributed by atoms with Crippen molar-refractivity contribution in [1.29, 1.82) is 0 Å². The number of benzene rings is 3. The van der Waals surface area contributed by atoms with Gasteiger partial charge in [-0.05, 0) is 107 Å². The Labute approximate surface area is 221 Å². The van der Waals surface area contributed by atoms with Crippen LogP contribution in [-0.4, -0.2) is 17.3 Å². The highest BCUT2D eigenvalue weighted by molar-refractivity contribution is 8.26. The topological polar surface area (TPSA) is 38.3 Å². The molecule has 182 valence electrons. The van der Waals surface area contributed by atoms with Crippen LogP contribution in [-0.2, 0) is 10.2 Å². The number of thiocarbonyl (C=S) groups is 1. The molecule has 5 aliphatic rings. The van der Waals surface area contributed by atoms with Crippen LogP contribution >= 0.6 is 24.0 Å². The van der Waals surface area contributed by atoms with Gasteiger partial charge in [-0.2, -0.15) is 0 Å². The molecule has 36 heavy (non-hydrogen) atoms. The number of hydrogen-bond donors (Lipinski definition) is 1. The Balaban J connectivity index is 1.34. The Morgan fingerprint density at radius 2 is 1.67 bits per heavy atom. The molecule has 4 saturated carbocycles. The minimum atomic E-state index is -0.117. The van der Waals surface area contributed by atoms with Gasteiger partial charge in [0.2, 0.25) is 0 Å². The van der Waals surface area contributed by atoms with Crippen molar-refractivity contribution in [2.24, 2.45) is 17.8 Å². The lowest BCUT2D eigenvalue weighted by Gasteiger charge is -2.57. The van der Waals surface area contributed by atoms with Crippen molar-refractivity contribution in [3.8, 4) is 16.9 Å². The van der Waals surface area contributed by atoms with Gasteiger partial charge in [-0.1, -0.05) is 66.4 Å². The van der Waals surface area contributed by atoms with Crippen LogP contribution in [0, 0.1) is 17.8 Å². The Morgan fingerprint density at radius 1 is 0.972 bits per heavy atom. The van der Waals surface area contributed by atoms with Crippen molar-refractivity contribution in [2.75, 3.05) is 7.11 Å². The zero-order valence-electron chi connectivity index (χ0n) is 20.4. The summed E-state index contributed by atoms with van der Waals surface area (Å²) in [5.41, 5.74) is 5.18. The number of methoxy groups -OCH3 is 1. The Morgan fingerprint density at radius 3 is 2.33 bits per heavy atom. The normalized spacial score (nSPS) is 29.8. The van der Waals surface area contributed by atoms with Crippen molar-refractivity contribution in [3.05, 3.63) is 70.6 Å². The highest BCUT2D eigenvalue weighted by atomic mass is 32.2. The lowest BCUT2D eigenvalue weighted by molar-refractivity contribution is -0.115. The lowest BCUT2D eigenvalue weighted by atomic mass is 9.48. The molecule has 5 heteroatoms. The fourth-order valence-corrected chi connectivity index (χ4v) is 9.04. The fraction of sp³-hybridized carbons (Fsp3) is 0.355. The number of hydrogen-bond acceptors (Lipinski definition) is 4. The number of carbonyl (C=O) groups is 1. The molecule has 0 radical (unpaired) electrons. The first-order chi connectivity index (χ1) is 17.5. The number of rotatable bonds is 4. The molecular weight excluding hydrogens is 482 g/mol. The van der Waals surface area contributed by atoms with Crippen LogP contribution in [0.2, 0.25) is 0 Å². The van der Waals surface area contributed by atoms with E-state index in [0.29, 0.717) is 9.23 Å². The van der Waals surface area contributed by atoms with Crippen LogP contribution < -0.4 is 10.1 Å². The van der Waals surface area contributed by atoms with Crippen LogP contribution in [0.1, 0.15) is 49.7 Å². The molecule has 0 spiro atoms. The quantitative estimate of drug-likeness (QED) is 0.291. The molecule has 1 heterocycles. The van der Waals surface area contributed by atoms with Crippen molar-refractivity contribution in [2.45, 2.75) is 43.9 Å². The van der Waals surface area contributed by atoms with Crippen LogP contribution in [0.15, 0.2) is 59.5 Å². The van der Waals surface area contributed by atoms with Gasteiger partial charge in [0.25, 0.3) is 5.91 Å². The molecule has 1 aliphatic heterocycles. The lowest BCUT2D eigenvalue weighted by Crippen LogP contribution is -2.48. The number of amides is 1. The zero-order valence-corrected chi connectivity index (χ0v) is 22.0. The third-order valence-electron chi connectivity index (χ3n) is 9.00. The highest BCUT2D eigenvalue weighted by Crippen LogP contribution is 2.62. The largest absolute Gasteiger partial charge is 0.496 e. The number of ether oxygens (including phenoxy) is 1. The minimum absolute atomic E-state index is 0.117. The maximum atomic E-state index is 12.3. The minimum Gasteiger partial charge on any atom is -0.496 e. The van der Waals surface area contributed by atoms with E-state index in [9.17, 15) is 4.79 Å². The van der Waals surface area contributed by atoms with Crippen molar-refractivity contribution < 1.29 is 9.53 Å². The second-order valence-electron chi connectivity index (χ2n) is 11.2. The molecule has 3 nitrogen and oxygen atoms in total. The van der Waals surface area contributed by atoms with Gasteiger partial charge in [-0.3, -0.25) is 4.79 Å². The molecule has 0 atom stereocenters. The smallest absolute Gasteiger partial charge is 0.263 e. The second-order valence-corrected chi connectivity index (χ2v) is 12.9. The van der Waals surface area contributed by atoms with Gasteiger partial charge in [0, 0.05) is 5.56 Å². The van der Waals surface area contributed by atoms with Gasteiger partial charge in [-0.25, -0.2) is 0 Å². The molecule has 0 unspecified atom stereocenters. The van der Waals surface area contributed by atoms with Crippen LogP contribution in [0.3, 0.4) is 0 Å². The van der Waals surface area contributed by atoms with Gasteiger partial charge in [0.15, 0.2) is 0 Å². The number of carbonyl (C=O) groups excluding carboxylic acids is 1. The molecule has 3 aromatic rings. The number of fused-ring (bicyclic) bond motifs is 1. The Bertz CT molecular complexity index is 1420. The summed E-state index contributed by atoms with van der Waals surface area (Å²) in [7, 11) is 1.82. The predicted octanol–water partition coefficient (Wildman–Crippen LogP) is 7.47. The van der Waals surface area contributed by atoms with Gasteiger partial charge in [0.05, 0.1) is 12.0 Å². The fourth-order valence-electron chi connectivity index (χ4n) is 8.00. The van der Waals surface area contributed by atoms with E-state index < -0.39 is 0 Å². The Kier molecular flexibility index (Phi) is 5.30. The molecule has 4 aliphatic carbocycles. The van der Waals surface area contributed by atoms with E-state index >= 15 is 0 Å². The van der Waals surface area contributed by atoms with E-state index in [-0.39, 0.29) is 11.3 Å². The summed E-state index contributed by atoms with van der Waals surface area (Å²) in [6.07, 6.45) is 10.2. The average molecular weight is 512 g/mol. The van der Waals surface area contributed by atoms with Crippen molar-refractivity contribution >= 4 is 51.1 Å². The van der Waals surface area contributed by atoms with Gasteiger partial charge in [0.1, 0.15) is 10.1 Å². The van der Waals surface area contributed by atoms with E-state index in [2.05, 4.69) is 59.9 Å². The maximum Gasteiger partial charge on any atom is 0.263 e. The summed E-state index contributed by atoms with van der Waals surface area (Å²) < 4.78 is 6.48. The Hall–Kier alpha value is -2.63. The van der Waals surface area contributed by atoms with Gasteiger partial charge in [-0.15, -0.1) is 0 Å². The molecule has 1 amide bonds. The third-order valence-corrected chi connectivity index (χ3v) is 10.2.